The molecule has 1 aromatic heterocycles. The predicted octanol–water partition coefficient (Wildman–Crippen LogP) is 3.10. The Balaban J connectivity index is 2.11. The number of benzene rings is 1. The zero-order valence-corrected chi connectivity index (χ0v) is 12.4. The van der Waals surface area contributed by atoms with Gasteiger partial charge in [0.25, 0.3) is 0 Å². The number of aryl methyl sites for hydroxylation is 1. The Labute approximate surface area is 119 Å². The standard InChI is InChI=1S/C15H21N3O2/c1-9(2)15-17-14(18-20-15)8-19-13-7-10(3)5-6-12(13)11(4)16/h5-7,9,11H,8,16H2,1-4H3/t11-/m1/s1. The van der Waals surface area contributed by atoms with Crippen molar-refractivity contribution >= 4 is 0 Å². The molecule has 1 atom stereocenters. The number of ether oxygens (including phenoxy) is 1. The molecule has 0 aliphatic rings. The summed E-state index contributed by atoms with van der Waals surface area (Å²) in [6.07, 6.45) is 0. The van der Waals surface area contributed by atoms with Gasteiger partial charge in [-0.25, -0.2) is 0 Å². The summed E-state index contributed by atoms with van der Waals surface area (Å²) >= 11 is 0. The van der Waals surface area contributed by atoms with E-state index in [1.54, 1.807) is 0 Å². The average molecular weight is 275 g/mol. The molecule has 0 unspecified atom stereocenters. The van der Waals surface area contributed by atoms with Crippen molar-refractivity contribution < 1.29 is 9.26 Å². The summed E-state index contributed by atoms with van der Waals surface area (Å²) < 4.78 is 10.9. The van der Waals surface area contributed by atoms with Crippen LogP contribution in [0.1, 0.15) is 55.6 Å². The Bertz CT molecular complexity index is 576. The highest BCUT2D eigenvalue weighted by molar-refractivity contribution is 5.38. The fourth-order valence-electron chi connectivity index (χ4n) is 1.85. The smallest absolute Gasteiger partial charge is 0.229 e. The first-order valence-corrected chi connectivity index (χ1v) is 6.78. The van der Waals surface area contributed by atoms with E-state index in [0.717, 1.165) is 16.9 Å². The summed E-state index contributed by atoms with van der Waals surface area (Å²) in [6.45, 7) is 8.24. The Morgan fingerprint density at radius 1 is 1.30 bits per heavy atom. The van der Waals surface area contributed by atoms with Gasteiger partial charge in [0.15, 0.2) is 6.61 Å². The third-order valence-corrected chi connectivity index (χ3v) is 2.99. The largest absolute Gasteiger partial charge is 0.485 e. The Morgan fingerprint density at radius 2 is 2.05 bits per heavy atom. The van der Waals surface area contributed by atoms with Crippen molar-refractivity contribution in [2.24, 2.45) is 5.73 Å². The lowest BCUT2D eigenvalue weighted by Gasteiger charge is -2.13. The molecule has 0 spiro atoms. The highest BCUT2D eigenvalue weighted by Gasteiger charge is 2.12. The van der Waals surface area contributed by atoms with E-state index < -0.39 is 0 Å². The number of hydrogen-bond donors (Lipinski definition) is 1. The van der Waals surface area contributed by atoms with Gasteiger partial charge < -0.3 is 15.0 Å². The second-order valence-electron chi connectivity index (χ2n) is 5.32. The molecule has 0 radical (unpaired) electrons. The van der Waals surface area contributed by atoms with Gasteiger partial charge >= 0.3 is 0 Å². The van der Waals surface area contributed by atoms with Gasteiger partial charge in [0.1, 0.15) is 5.75 Å². The number of nitrogens with two attached hydrogens (primary N) is 1. The van der Waals surface area contributed by atoms with Crippen molar-refractivity contribution in [2.45, 2.75) is 46.3 Å². The van der Waals surface area contributed by atoms with Crippen molar-refractivity contribution in [1.29, 1.82) is 0 Å². The van der Waals surface area contributed by atoms with Gasteiger partial charge in [-0.2, -0.15) is 4.98 Å². The molecular formula is C15H21N3O2. The van der Waals surface area contributed by atoms with E-state index in [1.165, 1.54) is 0 Å². The molecule has 2 N–H and O–H groups in total. The molecule has 0 saturated heterocycles. The number of nitrogens with zero attached hydrogens (tertiary/aromatic N) is 2. The third-order valence-electron chi connectivity index (χ3n) is 2.99. The van der Waals surface area contributed by atoms with Gasteiger partial charge in [0.05, 0.1) is 0 Å². The maximum Gasteiger partial charge on any atom is 0.229 e. The average Bonchev–Trinajstić information content (AvgIpc) is 2.85. The van der Waals surface area contributed by atoms with Crippen LogP contribution >= 0.6 is 0 Å². The molecule has 0 saturated carbocycles. The van der Waals surface area contributed by atoms with Crippen LogP contribution in [-0.2, 0) is 6.61 Å². The Kier molecular flexibility index (Phi) is 4.39. The molecule has 2 aromatic rings. The normalized spacial score (nSPS) is 12.7. The summed E-state index contributed by atoms with van der Waals surface area (Å²) in [5, 5.41) is 3.91. The van der Waals surface area contributed by atoms with Crippen molar-refractivity contribution in [3.63, 3.8) is 0 Å². The molecule has 1 heterocycles. The first-order valence-electron chi connectivity index (χ1n) is 6.78. The summed E-state index contributed by atoms with van der Waals surface area (Å²) in [4.78, 5) is 4.29. The fourth-order valence-corrected chi connectivity index (χ4v) is 1.85. The highest BCUT2D eigenvalue weighted by atomic mass is 16.5. The predicted molar refractivity (Wildman–Crippen MR) is 76.5 cm³/mol. The molecule has 2 rings (SSSR count). The second-order valence-corrected chi connectivity index (χ2v) is 5.32. The van der Waals surface area contributed by atoms with Crippen LogP contribution < -0.4 is 10.5 Å². The molecule has 0 aliphatic heterocycles. The molecule has 5 heteroatoms. The van der Waals surface area contributed by atoms with Gasteiger partial charge in [0, 0.05) is 17.5 Å². The van der Waals surface area contributed by atoms with Crippen LogP contribution in [-0.4, -0.2) is 10.1 Å². The maximum atomic E-state index is 5.95. The number of hydrogen-bond acceptors (Lipinski definition) is 5. The molecule has 1 aromatic carbocycles. The van der Waals surface area contributed by atoms with E-state index in [4.69, 9.17) is 15.0 Å². The summed E-state index contributed by atoms with van der Waals surface area (Å²) in [6, 6.07) is 5.91. The van der Waals surface area contributed by atoms with E-state index in [2.05, 4.69) is 10.1 Å². The highest BCUT2D eigenvalue weighted by Crippen LogP contribution is 2.25. The van der Waals surface area contributed by atoms with Crippen LogP contribution in [0.2, 0.25) is 0 Å². The van der Waals surface area contributed by atoms with Gasteiger partial charge in [-0.15, -0.1) is 0 Å². The third kappa shape index (κ3) is 3.36. The summed E-state index contributed by atoms with van der Waals surface area (Å²) in [7, 11) is 0. The van der Waals surface area contributed by atoms with Crippen LogP contribution in [0.3, 0.4) is 0 Å². The SMILES string of the molecule is Cc1ccc([C@@H](C)N)c(OCc2noc(C(C)C)n2)c1. The van der Waals surface area contributed by atoms with Crippen molar-refractivity contribution in [3.05, 3.63) is 41.0 Å². The van der Waals surface area contributed by atoms with E-state index in [9.17, 15) is 0 Å². The van der Waals surface area contributed by atoms with Crippen LogP contribution in [0, 0.1) is 6.92 Å². The van der Waals surface area contributed by atoms with Crippen LogP contribution in [0.4, 0.5) is 0 Å². The monoisotopic (exact) mass is 275 g/mol. The van der Waals surface area contributed by atoms with E-state index in [1.807, 2.05) is 45.9 Å². The zero-order chi connectivity index (χ0) is 14.7. The quantitative estimate of drug-likeness (QED) is 0.907. The molecular weight excluding hydrogens is 254 g/mol. The van der Waals surface area contributed by atoms with Crippen LogP contribution in [0.25, 0.3) is 0 Å². The van der Waals surface area contributed by atoms with Crippen LogP contribution in [0.5, 0.6) is 5.75 Å². The Morgan fingerprint density at radius 3 is 2.65 bits per heavy atom. The van der Waals surface area contributed by atoms with Crippen molar-refractivity contribution in [1.82, 2.24) is 10.1 Å². The lowest BCUT2D eigenvalue weighted by Crippen LogP contribution is -2.08. The van der Waals surface area contributed by atoms with Crippen LogP contribution in [0.15, 0.2) is 22.7 Å². The molecule has 0 bridgehead atoms. The Hall–Kier alpha value is -1.88. The van der Waals surface area contributed by atoms with Gasteiger partial charge in [0.2, 0.25) is 11.7 Å². The van der Waals surface area contributed by atoms with E-state index >= 15 is 0 Å². The molecule has 0 aliphatic carbocycles. The fraction of sp³-hybridized carbons (Fsp3) is 0.467. The second kappa shape index (κ2) is 6.05. The van der Waals surface area contributed by atoms with Crippen molar-refractivity contribution in [3.8, 4) is 5.75 Å². The summed E-state index contributed by atoms with van der Waals surface area (Å²) in [5.74, 6) is 2.16. The van der Waals surface area contributed by atoms with E-state index in [0.29, 0.717) is 11.7 Å². The first kappa shape index (κ1) is 14.5. The van der Waals surface area contributed by atoms with Gasteiger partial charge in [-0.1, -0.05) is 31.1 Å². The lowest BCUT2D eigenvalue weighted by atomic mass is 10.1. The van der Waals surface area contributed by atoms with E-state index in [-0.39, 0.29) is 18.6 Å². The molecule has 0 amide bonds. The minimum absolute atomic E-state index is 0.0814. The maximum absolute atomic E-state index is 5.95. The number of rotatable bonds is 5. The first-order chi connectivity index (χ1) is 9.47. The minimum Gasteiger partial charge on any atom is -0.485 e. The summed E-state index contributed by atoms with van der Waals surface area (Å²) in [5.41, 5.74) is 8.05. The minimum atomic E-state index is -0.0814. The van der Waals surface area contributed by atoms with Crippen molar-refractivity contribution in [2.75, 3.05) is 0 Å². The topological polar surface area (TPSA) is 74.2 Å². The molecule has 5 nitrogen and oxygen atoms in total. The molecule has 108 valence electrons. The lowest BCUT2D eigenvalue weighted by molar-refractivity contribution is 0.280. The van der Waals surface area contributed by atoms with Gasteiger partial charge in [-0.3, -0.25) is 0 Å². The molecule has 20 heavy (non-hydrogen) atoms. The zero-order valence-electron chi connectivity index (χ0n) is 12.4. The number of aromatic nitrogens is 2. The molecule has 0 fully saturated rings. The van der Waals surface area contributed by atoms with Gasteiger partial charge in [-0.05, 0) is 25.5 Å².